The molecule has 1 atom stereocenters. The van der Waals surface area contributed by atoms with Crippen molar-refractivity contribution in [2.75, 3.05) is 26.7 Å². The number of aryl methyl sites for hydroxylation is 1. The molecule has 2 rings (SSSR count). The highest BCUT2D eigenvalue weighted by Crippen LogP contribution is 2.27. The second kappa shape index (κ2) is 5.75. The molecule has 0 saturated carbocycles. The molecule has 0 aliphatic carbocycles. The number of nitrogens with zero attached hydrogens (tertiary/aromatic N) is 2. The number of likely N-dealkylation sites (N-methyl/N-ethyl adjacent to an activating group) is 1. The maximum absolute atomic E-state index is 8.79. The first-order valence-electron chi connectivity index (χ1n) is 6.03. The summed E-state index contributed by atoms with van der Waals surface area (Å²) in [4.78, 5) is 7.08. The molecule has 90 valence electrons. The van der Waals surface area contributed by atoms with Gasteiger partial charge in [-0.3, -0.25) is 0 Å². The maximum atomic E-state index is 8.79. The number of piperidine rings is 1. The average Bonchev–Trinajstić information content (AvgIpc) is 2.75. The Bertz CT molecular complexity index is 327. The van der Waals surface area contributed by atoms with Gasteiger partial charge in [0.1, 0.15) is 0 Å². The third kappa shape index (κ3) is 3.03. The van der Waals surface area contributed by atoms with Crippen LogP contribution < -0.4 is 0 Å². The third-order valence-electron chi connectivity index (χ3n) is 3.16. The van der Waals surface area contributed by atoms with Crippen molar-refractivity contribution in [2.24, 2.45) is 0 Å². The van der Waals surface area contributed by atoms with E-state index in [2.05, 4.69) is 22.3 Å². The molecule has 1 aliphatic rings. The molecule has 3 nitrogen and oxygen atoms in total. The van der Waals surface area contributed by atoms with Crippen LogP contribution in [0.2, 0.25) is 0 Å². The van der Waals surface area contributed by atoms with Gasteiger partial charge in [0, 0.05) is 30.9 Å². The third-order valence-corrected chi connectivity index (χ3v) is 4.09. The Morgan fingerprint density at radius 3 is 3.25 bits per heavy atom. The van der Waals surface area contributed by atoms with Crippen LogP contribution in [0.4, 0.5) is 0 Å². The van der Waals surface area contributed by atoms with E-state index in [4.69, 9.17) is 5.11 Å². The molecule has 1 aliphatic heterocycles. The number of thiazole rings is 1. The first kappa shape index (κ1) is 12.0. The van der Waals surface area contributed by atoms with Gasteiger partial charge >= 0.3 is 0 Å². The van der Waals surface area contributed by atoms with Crippen LogP contribution in [0.5, 0.6) is 0 Å². The quantitative estimate of drug-likeness (QED) is 0.873. The Balaban J connectivity index is 1.95. The zero-order chi connectivity index (χ0) is 11.4. The van der Waals surface area contributed by atoms with Crippen LogP contribution in [-0.4, -0.2) is 41.7 Å². The second-order valence-electron chi connectivity index (χ2n) is 4.59. The van der Waals surface area contributed by atoms with Gasteiger partial charge in [-0.15, -0.1) is 11.3 Å². The highest BCUT2D eigenvalue weighted by Gasteiger charge is 2.20. The fourth-order valence-corrected chi connectivity index (χ4v) is 3.19. The molecule has 1 aromatic heterocycles. The van der Waals surface area contributed by atoms with Crippen LogP contribution in [0.25, 0.3) is 0 Å². The summed E-state index contributed by atoms with van der Waals surface area (Å²) in [5.74, 6) is 0.623. The van der Waals surface area contributed by atoms with Crippen LogP contribution in [-0.2, 0) is 6.42 Å². The molecule has 4 heteroatoms. The Labute approximate surface area is 101 Å². The highest BCUT2D eigenvalue weighted by atomic mass is 32.1. The second-order valence-corrected chi connectivity index (χ2v) is 5.54. The van der Waals surface area contributed by atoms with E-state index in [-0.39, 0.29) is 6.61 Å². The zero-order valence-electron chi connectivity index (χ0n) is 9.85. The number of rotatable bonds is 4. The highest BCUT2D eigenvalue weighted by molar-refractivity contribution is 7.09. The fourth-order valence-electron chi connectivity index (χ4n) is 2.27. The van der Waals surface area contributed by atoms with Gasteiger partial charge in [-0.05, 0) is 32.9 Å². The van der Waals surface area contributed by atoms with Gasteiger partial charge in [-0.1, -0.05) is 0 Å². The van der Waals surface area contributed by atoms with Crippen molar-refractivity contribution in [3.05, 3.63) is 16.1 Å². The summed E-state index contributed by atoms with van der Waals surface area (Å²) in [5, 5.41) is 12.2. The van der Waals surface area contributed by atoms with E-state index in [1.54, 1.807) is 11.3 Å². The molecule has 0 spiro atoms. The molecule has 0 amide bonds. The number of aliphatic hydroxyl groups is 1. The minimum Gasteiger partial charge on any atom is -0.396 e. The van der Waals surface area contributed by atoms with E-state index >= 15 is 0 Å². The largest absolute Gasteiger partial charge is 0.396 e. The first-order chi connectivity index (χ1) is 7.79. The van der Waals surface area contributed by atoms with Crippen LogP contribution in [0.1, 0.15) is 35.9 Å². The Kier molecular flexibility index (Phi) is 4.32. The summed E-state index contributed by atoms with van der Waals surface area (Å²) in [6, 6.07) is 0. The molecular weight excluding hydrogens is 220 g/mol. The number of aromatic nitrogens is 1. The lowest BCUT2D eigenvalue weighted by atomic mass is 9.96. The van der Waals surface area contributed by atoms with Crippen molar-refractivity contribution in [3.63, 3.8) is 0 Å². The number of aliphatic hydroxyl groups excluding tert-OH is 1. The van der Waals surface area contributed by atoms with Gasteiger partial charge in [0.15, 0.2) is 0 Å². The molecule has 0 aromatic carbocycles. The van der Waals surface area contributed by atoms with Gasteiger partial charge in [0.2, 0.25) is 0 Å². The standard InChI is InChI=1S/C12H20N2OS/c1-14-6-2-4-10(8-14)11-9-16-12(13-11)5-3-7-15/h9-10,15H,2-8H2,1H3. The summed E-state index contributed by atoms with van der Waals surface area (Å²) in [5.41, 5.74) is 1.27. The summed E-state index contributed by atoms with van der Waals surface area (Å²) >= 11 is 1.74. The van der Waals surface area contributed by atoms with Crippen molar-refractivity contribution >= 4 is 11.3 Å². The van der Waals surface area contributed by atoms with E-state index < -0.39 is 0 Å². The van der Waals surface area contributed by atoms with Crippen molar-refractivity contribution in [3.8, 4) is 0 Å². The van der Waals surface area contributed by atoms with E-state index in [0.717, 1.165) is 19.4 Å². The van der Waals surface area contributed by atoms with Crippen LogP contribution >= 0.6 is 11.3 Å². The van der Waals surface area contributed by atoms with E-state index in [9.17, 15) is 0 Å². The summed E-state index contributed by atoms with van der Waals surface area (Å²) in [6.07, 6.45) is 4.30. The van der Waals surface area contributed by atoms with Gasteiger partial charge in [-0.25, -0.2) is 4.98 Å². The summed E-state index contributed by atoms with van der Waals surface area (Å²) in [7, 11) is 2.19. The first-order valence-corrected chi connectivity index (χ1v) is 6.91. The van der Waals surface area contributed by atoms with E-state index in [1.807, 2.05) is 0 Å². The predicted octanol–water partition coefficient (Wildman–Crippen LogP) is 1.88. The van der Waals surface area contributed by atoms with Crippen molar-refractivity contribution in [2.45, 2.75) is 31.6 Å². The number of hydrogen-bond donors (Lipinski definition) is 1. The zero-order valence-corrected chi connectivity index (χ0v) is 10.7. The van der Waals surface area contributed by atoms with Gasteiger partial charge in [-0.2, -0.15) is 0 Å². The Morgan fingerprint density at radius 2 is 2.50 bits per heavy atom. The average molecular weight is 240 g/mol. The monoisotopic (exact) mass is 240 g/mol. The topological polar surface area (TPSA) is 36.4 Å². The Morgan fingerprint density at radius 1 is 1.62 bits per heavy atom. The van der Waals surface area contributed by atoms with E-state index in [1.165, 1.54) is 30.1 Å². The number of hydrogen-bond acceptors (Lipinski definition) is 4. The maximum Gasteiger partial charge on any atom is 0.0929 e. The Hall–Kier alpha value is -0.450. The van der Waals surface area contributed by atoms with Crippen molar-refractivity contribution in [1.82, 2.24) is 9.88 Å². The van der Waals surface area contributed by atoms with Crippen LogP contribution in [0.3, 0.4) is 0 Å². The lowest BCUT2D eigenvalue weighted by Crippen LogP contribution is -2.30. The summed E-state index contributed by atoms with van der Waals surface area (Å²) in [6.45, 7) is 2.63. The SMILES string of the molecule is CN1CCCC(c2csc(CCCO)n2)C1. The van der Waals surface area contributed by atoms with Gasteiger partial charge < -0.3 is 10.0 Å². The van der Waals surface area contributed by atoms with Crippen molar-refractivity contribution < 1.29 is 5.11 Å². The molecule has 1 saturated heterocycles. The lowest BCUT2D eigenvalue weighted by Gasteiger charge is -2.28. The van der Waals surface area contributed by atoms with E-state index in [0.29, 0.717) is 5.92 Å². The van der Waals surface area contributed by atoms with Gasteiger partial charge in [0.05, 0.1) is 10.7 Å². The van der Waals surface area contributed by atoms with Crippen molar-refractivity contribution in [1.29, 1.82) is 0 Å². The molecule has 0 radical (unpaired) electrons. The normalized spacial score (nSPS) is 22.5. The van der Waals surface area contributed by atoms with Crippen LogP contribution in [0, 0.1) is 0 Å². The lowest BCUT2D eigenvalue weighted by molar-refractivity contribution is 0.248. The van der Waals surface area contributed by atoms with Gasteiger partial charge in [0.25, 0.3) is 0 Å². The molecule has 1 N–H and O–H groups in total. The molecule has 1 unspecified atom stereocenters. The fraction of sp³-hybridized carbons (Fsp3) is 0.750. The van der Waals surface area contributed by atoms with Crippen LogP contribution in [0.15, 0.2) is 5.38 Å². The molecule has 1 aromatic rings. The molecule has 0 bridgehead atoms. The predicted molar refractivity (Wildman–Crippen MR) is 67.0 cm³/mol. The minimum absolute atomic E-state index is 0.265. The number of likely N-dealkylation sites (tertiary alicyclic amines) is 1. The molecular formula is C12H20N2OS. The molecule has 16 heavy (non-hydrogen) atoms. The minimum atomic E-state index is 0.265. The molecule has 2 heterocycles. The summed E-state index contributed by atoms with van der Waals surface area (Å²) < 4.78 is 0. The smallest absolute Gasteiger partial charge is 0.0929 e. The molecule has 1 fully saturated rings.